The largest absolute Gasteiger partial charge is 0.467 e. The first-order valence-corrected chi connectivity index (χ1v) is 8.26. The van der Waals surface area contributed by atoms with E-state index < -0.39 is 11.9 Å². The molecule has 0 saturated heterocycles. The molecule has 0 aliphatic rings. The molecule has 3 rings (SSSR count). The van der Waals surface area contributed by atoms with Crippen molar-refractivity contribution in [1.82, 2.24) is 20.1 Å². The second-order valence-corrected chi connectivity index (χ2v) is 6.16. The lowest BCUT2D eigenvalue weighted by atomic mass is 10.1. The van der Waals surface area contributed by atoms with E-state index in [9.17, 15) is 9.59 Å². The van der Waals surface area contributed by atoms with E-state index in [1.807, 2.05) is 13.8 Å². The Balaban J connectivity index is 1.68. The van der Waals surface area contributed by atoms with Crippen molar-refractivity contribution in [2.24, 2.45) is 0 Å². The Morgan fingerprint density at radius 2 is 2.19 bits per heavy atom. The third-order valence-electron chi connectivity index (χ3n) is 3.78. The third-order valence-corrected chi connectivity index (χ3v) is 3.78. The Morgan fingerprint density at radius 1 is 1.38 bits per heavy atom. The molecule has 0 saturated carbocycles. The molecule has 1 N–H and O–H groups in total. The maximum Gasteiger partial charge on any atom is 0.339 e. The maximum atomic E-state index is 12.4. The molecule has 0 aliphatic heterocycles. The van der Waals surface area contributed by atoms with Crippen molar-refractivity contribution in [2.75, 3.05) is 6.61 Å². The Bertz CT molecular complexity index is 928. The molecule has 3 heterocycles. The van der Waals surface area contributed by atoms with Gasteiger partial charge in [0.2, 0.25) is 0 Å². The molecule has 3 aromatic rings. The number of rotatable bonds is 6. The van der Waals surface area contributed by atoms with E-state index in [-0.39, 0.29) is 19.2 Å². The van der Waals surface area contributed by atoms with Crippen LogP contribution in [-0.4, -0.2) is 33.2 Å². The first-order chi connectivity index (χ1) is 12.5. The average Bonchev–Trinajstić information content (AvgIpc) is 3.26. The molecule has 0 fully saturated rings. The highest BCUT2D eigenvalue weighted by Gasteiger charge is 2.18. The van der Waals surface area contributed by atoms with Crippen LogP contribution in [0.3, 0.4) is 0 Å². The van der Waals surface area contributed by atoms with Crippen LogP contribution in [0.25, 0.3) is 11.0 Å². The number of aryl methyl sites for hydroxylation is 1. The molecule has 8 nitrogen and oxygen atoms in total. The molecule has 0 spiro atoms. The van der Waals surface area contributed by atoms with Gasteiger partial charge in [-0.25, -0.2) is 14.5 Å². The number of furan rings is 1. The zero-order valence-corrected chi connectivity index (χ0v) is 14.9. The average molecular weight is 356 g/mol. The number of amides is 1. The van der Waals surface area contributed by atoms with Gasteiger partial charge in [-0.15, -0.1) is 0 Å². The highest BCUT2D eigenvalue weighted by molar-refractivity contribution is 6.03. The predicted octanol–water partition coefficient (Wildman–Crippen LogP) is 2.39. The summed E-state index contributed by atoms with van der Waals surface area (Å²) in [5.41, 5.74) is 1.64. The Morgan fingerprint density at radius 3 is 2.88 bits per heavy atom. The first-order valence-electron chi connectivity index (χ1n) is 8.26. The molecule has 136 valence electrons. The number of fused-ring (bicyclic) bond motifs is 1. The molecule has 0 aliphatic carbocycles. The molecular weight excluding hydrogens is 336 g/mol. The topological polar surface area (TPSA) is 99.3 Å². The van der Waals surface area contributed by atoms with Crippen molar-refractivity contribution in [2.45, 2.75) is 33.4 Å². The van der Waals surface area contributed by atoms with Crippen molar-refractivity contribution >= 4 is 22.9 Å². The van der Waals surface area contributed by atoms with E-state index in [1.165, 1.54) is 6.26 Å². The van der Waals surface area contributed by atoms with Gasteiger partial charge in [0.1, 0.15) is 5.76 Å². The van der Waals surface area contributed by atoms with Crippen molar-refractivity contribution < 1.29 is 18.7 Å². The summed E-state index contributed by atoms with van der Waals surface area (Å²) in [6.07, 6.45) is 3.12. The molecule has 0 radical (unpaired) electrons. The van der Waals surface area contributed by atoms with Gasteiger partial charge in [-0.2, -0.15) is 5.10 Å². The van der Waals surface area contributed by atoms with Gasteiger partial charge < -0.3 is 14.5 Å². The van der Waals surface area contributed by atoms with Crippen LogP contribution in [0, 0.1) is 6.92 Å². The maximum absolute atomic E-state index is 12.4. The fourth-order valence-electron chi connectivity index (χ4n) is 2.55. The van der Waals surface area contributed by atoms with Crippen LogP contribution in [0.1, 0.15) is 41.7 Å². The summed E-state index contributed by atoms with van der Waals surface area (Å²) in [6.45, 7) is 5.63. The van der Waals surface area contributed by atoms with Crippen LogP contribution in [0.2, 0.25) is 0 Å². The molecule has 0 bridgehead atoms. The highest BCUT2D eigenvalue weighted by atomic mass is 16.5. The predicted molar refractivity (Wildman–Crippen MR) is 93.5 cm³/mol. The summed E-state index contributed by atoms with van der Waals surface area (Å²) in [5, 5.41) is 7.51. The third kappa shape index (κ3) is 3.74. The van der Waals surface area contributed by atoms with Crippen LogP contribution < -0.4 is 5.32 Å². The van der Waals surface area contributed by atoms with Gasteiger partial charge in [-0.3, -0.25) is 4.79 Å². The number of pyridine rings is 1. The summed E-state index contributed by atoms with van der Waals surface area (Å²) in [7, 11) is 0. The minimum atomic E-state index is -0.586. The van der Waals surface area contributed by atoms with E-state index >= 15 is 0 Å². The lowest BCUT2D eigenvalue weighted by Gasteiger charge is -2.09. The van der Waals surface area contributed by atoms with E-state index in [0.29, 0.717) is 28.1 Å². The molecule has 26 heavy (non-hydrogen) atoms. The summed E-state index contributed by atoms with van der Waals surface area (Å²) in [5.74, 6) is -0.371. The van der Waals surface area contributed by atoms with Gasteiger partial charge in [0.05, 0.1) is 30.0 Å². The van der Waals surface area contributed by atoms with Crippen molar-refractivity contribution in [1.29, 1.82) is 0 Å². The second kappa shape index (κ2) is 7.38. The standard InChI is InChI=1S/C18H20N4O4/c1-11(2)22-17-15(9-20-22)14(7-12(3)21-17)18(24)26-10-16(23)19-8-13-5-4-6-25-13/h4-7,9,11H,8,10H2,1-3H3,(H,19,23). The fraction of sp³-hybridized carbons (Fsp3) is 0.333. The van der Waals surface area contributed by atoms with Crippen LogP contribution in [0.5, 0.6) is 0 Å². The summed E-state index contributed by atoms with van der Waals surface area (Å²) < 4.78 is 12.0. The number of nitrogens with zero attached hydrogens (tertiary/aromatic N) is 3. The van der Waals surface area contributed by atoms with Crippen LogP contribution >= 0.6 is 0 Å². The number of carbonyl (C=O) groups is 2. The monoisotopic (exact) mass is 356 g/mol. The van der Waals surface area contributed by atoms with E-state index in [0.717, 1.165) is 0 Å². The van der Waals surface area contributed by atoms with Gasteiger partial charge in [0.15, 0.2) is 12.3 Å². The lowest BCUT2D eigenvalue weighted by Crippen LogP contribution is -2.28. The normalized spacial score (nSPS) is 11.1. The smallest absolute Gasteiger partial charge is 0.339 e. The van der Waals surface area contributed by atoms with Crippen molar-refractivity contribution in [3.63, 3.8) is 0 Å². The van der Waals surface area contributed by atoms with E-state index in [1.54, 1.807) is 36.0 Å². The number of ether oxygens (including phenoxy) is 1. The minimum Gasteiger partial charge on any atom is -0.467 e. The number of hydrogen-bond acceptors (Lipinski definition) is 6. The van der Waals surface area contributed by atoms with Gasteiger partial charge in [-0.1, -0.05) is 0 Å². The Kier molecular flexibility index (Phi) is 5.01. The number of hydrogen-bond donors (Lipinski definition) is 1. The van der Waals surface area contributed by atoms with Gasteiger partial charge in [0, 0.05) is 11.7 Å². The van der Waals surface area contributed by atoms with Crippen LogP contribution in [-0.2, 0) is 16.1 Å². The Hall–Kier alpha value is -3.16. The molecule has 3 aromatic heterocycles. The van der Waals surface area contributed by atoms with Crippen LogP contribution in [0.4, 0.5) is 0 Å². The van der Waals surface area contributed by atoms with E-state index in [4.69, 9.17) is 9.15 Å². The zero-order valence-electron chi connectivity index (χ0n) is 14.9. The molecule has 8 heteroatoms. The summed E-state index contributed by atoms with van der Waals surface area (Å²) in [6, 6.07) is 5.22. The summed E-state index contributed by atoms with van der Waals surface area (Å²) in [4.78, 5) is 28.7. The Labute approximate surface area is 150 Å². The molecule has 0 aromatic carbocycles. The lowest BCUT2D eigenvalue weighted by molar-refractivity contribution is -0.124. The highest BCUT2D eigenvalue weighted by Crippen LogP contribution is 2.21. The molecule has 0 unspecified atom stereocenters. The number of aromatic nitrogens is 3. The number of esters is 1. The first kappa shape index (κ1) is 17.7. The van der Waals surface area contributed by atoms with Crippen molar-refractivity contribution in [3.8, 4) is 0 Å². The zero-order chi connectivity index (χ0) is 18.7. The fourth-order valence-corrected chi connectivity index (χ4v) is 2.55. The van der Waals surface area contributed by atoms with Gasteiger partial charge in [0.25, 0.3) is 5.91 Å². The SMILES string of the molecule is Cc1cc(C(=O)OCC(=O)NCc2ccco2)c2cnn(C(C)C)c2n1. The molecule has 1 amide bonds. The van der Waals surface area contributed by atoms with E-state index in [2.05, 4.69) is 15.4 Å². The molecule has 0 atom stereocenters. The molecular formula is C18H20N4O4. The second-order valence-electron chi connectivity index (χ2n) is 6.16. The van der Waals surface area contributed by atoms with Gasteiger partial charge >= 0.3 is 5.97 Å². The number of nitrogens with one attached hydrogen (secondary N) is 1. The van der Waals surface area contributed by atoms with Crippen LogP contribution in [0.15, 0.2) is 35.1 Å². The quantitative estimate of drug-likeness (QED) is 0.681. The minimum absolute atomic E-state index is 0.109. The van der Waals surface area contributed by atoms with Gasteiger partial charge in [-0.05, 0) is 39.0 Å². The van der Waals surface area contributed by atoms with Crippen molar-refractivity contribution in [3.05, 3.63) is 47.7 Å². The number of carbonyl (C=O) groups excluding carboxylic acids is 2. The summed E-state index contributed by atoms with van der Waals surface area (Å²) >= 11 is 0.